The molecule has 0 unspecified atom stereocenters. The maximum absolute atomic E-state index is 9.71. The molecule has 0 radical (unpaired) electrons. The van der Waals surface area contributed by atoms with Crippen molar-refractivity contribution < 1.29 is 19.8 Å². The van der Waals surface area contributed by atoms with Gasteiger partial charge in [-0.15, -0.1) is 31.8 Å². The highest BCUT2D eigenvalue weighted by Crippen LogP contribution is 1.96. The summed E-state index contributed by atoms with van der Waals surface area (Å²) in [7, 11) is 0. The molecule has 0 aliphatic rings. The van der Waals surface area contributed by atoms with Crippen LogP contribution in [0.5, 0.6) is 0 Å². The van der Waals surface area contributed by atoms with Gasteiger partial charge >= 0.3 is 0 Å². The monoisotopic (exact) mass is 200 g/mol. The Balaban J connectivity index is 3.67. The largest absolute Gasteiger partial charge is 0.312 e. The van der Waals surface area contributed by atoms with Crippen LogP contribution in [-0.2, 0) is 9.68 Å². The summed E-state index contributed by atoms with van der Waals surface area (Å²) in [5.74, 6) is -0.255. The van der Waals surface area contributed by atoms with E-state index in [9.17, 15) is 20.2 Å². The zero-order chi connectivity index (χ0) is 9.56. The molecule has 0 amide bonds. The molecule has 0 aliphatic heterocycles. The lowest BCUT2D eigenvalue weighted by Gasteiger charge is -2.08. The third-order valence-electron chi connectivity index (χ3n) is 0.773. The molecule has 70 valence electrons. The van der Waals surface area contributed by atoms with Gasteiger partial charge in [0.15, 0.2) is 0 Å². The minimum absolute atomic E-state index is 0.255. The Kier molecular flexibility index (Phi) is 4.77. The molecule has 0 fully saturated rings. The summed E-state index contributed by atoms with van der Waals surface area (Å²) < 4.78 is 0. The Labute approximate surface area is 71.2 Å². The van der Waals surface area contributed by atoms with Crippen LogP contribution in [-0.4, -0.2) is 28.8 Å². The van der Waals surface area contributed by atoms with Crippen LogP contribution < -0.4 is 0 Å². The number of alkyl halides is 1. The van der Waals surface area contributed by atoms with Crippen molar-refractivity contribution in [3.05, 3.63) is 20.2 Å². The second kappa shape index (κ2) is 5.35. The number of hydrogen-bond donors (Lipinski definition) is 0. The van der Waals surface area contributed by atoms with E-state index in [-0.39, 0.29) is 5.88 Å². The van der Waals surface area contributed by atoms with Crippen molar-refractivity contribution in [1.29, 1.82) is 0 Å². The Hall–Kier alpha value is -1.31. The van der Waals surface area contributed by atoms with E-state index >= 15 is 0 Å². The molecule has 0 bridgehead atoms. The summed E-state index contributed by atoms with van der Waals surface area (Å²) in [5, 5.41) is 17.2. The zero-order valence-corrected chi connectivity index (χ0v) is 6.47. The van der Waals surface area contributed by atoms with Crippen LogP contribution in [0.3, 0.4) is 0 Å². The fraction of sp³-hybridized carbons (Fsp3) is 1.00. The van der Waals surface area contributed by atoms with E-state index < -0.39 is 22.9 Å². The van der Waals surface area contributed by atoms with E-state index in [0.717, 1.165) is 0 Å². The highest BCUT2D eigenvalue weighted by atomic mass is 35.5. The van der Waals surface area contributed by atoms with Gasteiger partial charge in [0.1, 0.15) is 12.7 Å². The minimum Gasteiger partial charge on any atom is -0.312 e. The van der Waals surface area contributed by atoms with Crippen molar-refractivity contribution >= 4 is 11.6 Å². The van der Waals surface area contributed by atoms with E-state index in [2.05, 4.69) is 9.68 Å². The quantitative estimate of drug-likeness (QED) is 0.340. The molecular formula is C3H5ClN2O6. The van der Waals surface area contributed by atoms with E-state index in [0.29, 0.717) is 0 Å². The van der Waals surface area contributed by atoms with Crippen LogP contribution >= 0.6 is 11.6 Å². The molecule has 0 aliphatic carbocycles. The van der Waals surface area contributed by atoms with Gasteiger partial charge in [-0.1, -0.05) is 0 Å². The highest BCUT2D eigenvalue weighted by molar-refractivity contribution is 6.18. The number of nitrogens with zero attached hydrogens (tertiary/aromatic N) is 2. The van der Waals surface area contributed by atoms with Gasteiger partial charge in [-0.05, 0) is 0 Å². The second-order valence-corrected chi connectivity index (χ2v) is 1.93. The van der Waals surface area contributed by atoms with Gasteiger partial charge in [-0.25, -0.2) is 0 Å². The predicted octanol–water partition coefficient (Wildman–Crippen LogP) is 0.0104. The molecule has 0 aromatic heterocycles. The number of rotatable bonds is 6. The summed E-state index contributed by atoms with van der Waals surface area (Å²) in [4.78, 5) is 27.0. The lowest BCUT2D eigenvalue weighted by Crippen LogP contribution is -2.25. The SMILES string of the molecule is O=[N+]([O-])OC[C@H](CCl)O[N+](=O)[O-]. The van der Waals surface area contributed by atoms with Crippen LogP contribution in [0, 0.1) is 20.2 Å². The summed E-state index contributed by atoms with van der Waals surface area (Å²) >= 11 is 5.16. The standard InChI is InChI=1S/C3H5ClN2O6/c4-1-3(12-6(9)10)2-11-5(7)8/h3H,1-2H2/t3-/m0/s1. The second-order valence-electron chi connectivity index (χ2n) is 1.62. The van der Waals surface area contributed by atoms with E-state index in [1.165, 1.54) is 0 Å². The molecule has 0 spiro atoms. The maximum atomic E-state index is 9.71. The van der Waals surface area contributed by atoms with Gasteiger partial charge in [-0.2, -0.15) is 0 Å². The Morgan fingerprint density at radius 2 is 1.92 bits per heavy atom. The Bertz CT molecular complexity index is 174. The smallest absolute Gasteiger partial charge is 0.294 e. The van der Waals surface area contributed by atoms with Crippen molar-refractivity contribution in [3.8, 4) is 0 Å². The van der Waals surface area contributed by atoms with Crippen LogP contribution in [0.15, 0.2) is 0 Å². The first-order chi connectivity index (χ1) is 5.56. The fourth-order valence-electron chi connectivity index (χ4n) is 0.369. The molecule has 1 atom stereocenters. The number of halogens is 1. The lowest BCUT2D eigenvalue weighted by atomic mass is 10.4. The third kappa shape index (κ3) is 5.47. The van der Waals surface area contributed by atoms with Gasteiger partial charge in [0.05, 0.1) is 5.88 Å². The van der Waals surface area contributed by atoms with Gasteiger partial charge in [-0.3, -0.25) is 0 Å². The average Bonchev–Trinajstić information content (AvgIpc) is 1.97. The van der Waals surface area contributed by atoms with E-state index in [1.54, 1.807) is 0 Å². The Morgan fingerprint density at radius 1 is 1.33 bits per heavy atom. The molecule has 0 saturated heterocycles. The summed E-state index contributed by atoms with van der Waals surface area (Å²) in [6, 6.07) is 0. The molecule has 0 aromatic rings. The summed E-state index contributed by atoms with van der Waals surface area (Å²) in [6.45, 7) is -0.558. The van der Waals surface area contributed by atoms with Gasteiger partial charge < -0.3 is 9.68 Å². The normalized spacial score (nSPS) is 11.8. The molecule has 0 saturated carbocycles. The molecular weight excluding hydrogens is 195 g/mol. The predicted molar refractivity (Wildman–Crippen MR) is 35.5 cm³/mol. The zero-order valence-electron chi connectivity index (χ0n) is 5.71. The molecule has 12 heavy (non-hydrogen) atoms. The molecule has 9 heteroatoms. The van der Waals surface area contributed by atoms with Crippen molar-refractivity contribution in [1.82, 2.24) is 0 Å². The first kappa shape index (κ1) is 10.7. The molecule has 0 heterocycles. The highest BCUT2D eigenvalue weighted by Gasteiger charge is 2.13. The van der Waals surface area contributed by atoms with Gasteiger partial charge in [0.2, 0.25) is 0 Å². The summed E-state index contributed by atoms with van der Waals surface area (Å²) in [5.41, 5.74) is 0. The first-order valence-electron chi connectivity index (χ1n) is 2.70. The maximum Gasteiger partial charge on any atom is 0.294 e. The first-order valence-corrected chi connectivity index (χ1v) is 3.24. The van der Waals surface area contributed by atoms with Crippen LogP contribution in [0.4, 0.5) is 0 Å². The van der Waals surface area contributed by atoms with Crippen LogP contribution in [0.1, 0.15) is 0 Å². The van der Waals surface area contributed by atoms with Crippen molar-refractivity contribution in [2.45, 2.75) is 6.10 Å². The molecule has 0 rings (SSSR count). The lowest BCUT2D eigenvalue weighted by molar-refractivity contribution is -0.788. The molecule has 8 nitrogen and oxygen atoms in total. The Morgan fingerprint density at radius 3 is 2.25 bits per heavy atom. The topological polar surface area (TPSA) is 105 Å². The number of hydrogen-bond acceptors (Lipinski definition) is 6. The van der Waals surface area contributed by atoms with Crippen LogP contribution in [0.25, 0.3) is 0 Å². The van der Waals surface area contributed by atoms with Gasteiger partial charge in [0, 0.05) is 0 Å². The van der Waals surface area contributed by atoms with Crippen molar-refractivity contribution in [2.75, 3.05) is 12.5 Å². The van der Waals surface area contributed by atoms with E-state index in [1.807, 2.05) is 0 Å². The minimum atomic E-state index is -1.12. The fourth-order valence-corrected chi connectivity index (χ4v) is 0.514. The molecule has 0 aromatic carbocycles. The average molecular weight is 201 g/mol. The van der Waals surface area contributed by atoms with Crippen molar-refractivity contribution in [3.63, 3.8) is 0 Å². The molecule has 0 N–H and O–H groups in total. The van der Waals surface area contributed by atoms with Crippen LogP contribution in [0.2, 0.25) is 0 Å². The van der Waals surface area contributed by atoms with Gasteiger partial charge in [0.25, 0.3) is 10.2 Å². The van der Waals surface area contributed by atoms with Crippen molar-refractivity contribution in [2.24, 2.45) is 0 Å². The third-order valence-corrected chi connectivity index (χ3v) is 1.12. The summed E-state index contributed by atoms with van der Waals surface area (Å²) in [6.07, 6.45) is -1.12. The van der Waals surface area contributed by atoms with E-state index in [4.69, 9.17) is 11.6 Å².